The van der Waals surface area contributed by atoms with Gasteiger partial charge in [0.25, 0.3) is 0 Å². The summed E-state index contributed by atoms with van der Waals surface area (Å²) in [5.74, 6) is -0.957. The predicted octanol–water partition coefficient (Wildman–Crippen LogP) is 2.73. The molecule has 0 spiro atoms. The van der Waals surface area contributed by atoms with E-state index in [0.29, 0.717) is 12.1 Å². The van der Waals surface area contributed by atoms with E-state index < -0.39 is 5.82 Å². The van der Waals surface area contributed by atoms with Gasteiger partial charge >= 0.3 is 0 Å². The molecule has 1 atom stereocenters. The van der Waals surface area contributed by atoms with Gasteiger partial charge in [-0.25, -0.2) is 4.39 Å². The lowest BCUT2D eigenvalue weighted by Crippen LogP contribution is -2.46. The lowest BCUT2D eigenvalue weighted by atomic mass is 9.94. The number of nitrogens with zero attached hydrogens (tertiary/aromatic N) is 1. The molecule has 0 radical (unpaired) electrons. The van der Waals surface area contributed by atoms with Gasteiger partial charge in [0.2, 0.25) is 0 Å². The van der Waals surface area contributed by atoms with E-state index in [9.17, 15) is 14.3 Å². The number of phenolic OH excluding ortho intramolecular Hbond substituents is 1. The first-order valence-corrected chi connectivity index (χ1v) is 7.14. The Morgan fingerprint density at radius 3 is 2.86 bits per heavy atom. The van der Waals surface area contributed by atoms with E-state index >= 15 is 0 Å². The van der Waals surface area contributed by atoms with Crippen molar-refractivity contribution in [1.29, 1.82) is 0 Å². The highest BCUT2D eigenvalue weighted by atomic mass is 19.1. The fraction of sp³-hybridized carbons (Fsp3) is 0.562. The summed E-state index contributed by atoms with van der Waals surface area (Å²) in [5.41, 5.74) is 0.266. The maximum absolute atomic E-state index is 13.6. The molecule has 1 heterocycles. The number of hydrogen-bond acceptors (Lipinski definition) is 4. The van der Waals surface area contributed by atoms with Gasteiger partial charge in [0, 0.05) is 25.8 Å². The van der Waals surface area contributed by atoms with Gasteiger partial charge in [-0.05, 0) is 45.4 Å². The van der Waals surface area contributed by atoms with Crippen molar-refractivity contribution >= 4 is 5.78 Å². The van der Waals surface area contributed by atoms with Crippen LogP contribution < -0.4 is 0 Å². The predicted molar refractivity (Wildman–Crippen MR) is 78.0 cm³/mol. The van der Waals surface area contributed by atoms with Crippen LogP contribution in [0.5, 0.6) is 5.75 Å². The van der Waals surface area contributed by atoms with Gasteiger partial charge in [-0.1, -0.05) is 0 Å². The van der Waals surface area contributed by atoms with Crippen LogP contribution in [0, 0.1) is 5.82 Å². The Hall–Kier alpha value is -1.46. The molecule has 1 aromatic rings. The third-order valence-electron chi connectivity index (χ3n) is 4.16. The number of rotatable bonds is 4. The van der Waals surface area contributed by atoms with Crippen molar-refractivity contribution in [3.8, 4) is 5.75 Å². The zero-order chi connectivity index (χ0) is 15.6. The second-order valence-electron chi connectivity index (χ2n) is 5.99. The SMILES string of the molecule is COC1(C)CCCN(Cc2cc(F)cc(C(C)=O)c2O)C1. The molecule has 116 valence electrons. The molecule has 1 aliphatic rings. The van der Waals surface area contributed by atoms with Crippen LogP contribution in [0.4, 0.5) is 4.39 Å². The molecular weight excluding hydrogens is 273 g/mol. The van der Waals surface area contributed by atoms with Crippen molar-refractivity contribution < 1.29 is 19.0 Å². The van der Waals surface area contributed by atoms with E-state index in [-0.39, 0.29) is 22.7 Å². The number of piperidine rings is 1. The zero-order valence-electron chi connectivity index (χ0n) is 12.8. The number of halogens is 1. The first kappa shape index (κ1) is 15.9. The Morgan fingerprint density at radius 1 is 1.52 bits per heavy atom. The molecular formula is C16H22FNO3. The number of methoxy groups -OCH3 is 1. The first-order valence-electron chi connectivity index (χ1n) is 7.14. The summed E-state index contributed by atoms with van der Waals surface area (Å²) in [5, 5.41) is 10.2. The highest BCUT2D eigenvalue weighted by Crippen LogP contribution is 2.29. The van der Waals surface area contributed by atoms with Crippen LogP contribution in [-0.2, 0) is 11.3 Å². The fourth-order valence-electron chi connectivity index (χ4n) is 2.89. The van der Waals surface area contributed by atoms with Crippen molar-refractivity contribution in [2.45, 2.75) is 38.8 Å². The fourth-order valence-corrected chi connectivity index (χ4v) is 2.89. The number of Topliss-reactive ketones (excluding diaryl/α,β-unsaturated/α-hetero) is 1. The number of hydrogen-bond donors (Lipinski definition) is 1. The average molecular weight is 295 g/mol. The maximum atomic E-state index is 13.6. The van der Waals surface area contributed by atoms with Crippen LogP contribution in [0.2, 0.25) is 0 Å². The number of carbonyl (C=O) groups excluding carboxylic acids is 1. The minimum absolute atomic E-state index is 0.0384. The third kappa shape index (κ3) is 3.60. The number of phenols is 1. The highest BCUT2D eigenvalue weighted by Gasteiger charge is 2.31. The molecule has 0 bridgehead atoms. The summed E-state index contributed by atoms with van der Waals surface area (Å²) in [7, 11) is 1.69. The molecule has 1 aromatic carbocycles. The van der Waals surface area contributed by atoms with E-state index in [1.54, 1.807) is 7.11 Å². The molecule has 0 saturated carbocycles. The Kier molecular flexibility index (Phi) is 4.64. The van der Waals surface area contributed by atoms with Crippen LogP contribution in [0.1, 0.15) is 42.6 Å². The van der Waals surface area contributed by atoms with Gasteiger partial charge in [0.15, 0.2) is 5.78 Å². The summed E-state index contributed by atoms with van der Waals surface area (Å²) in [6.07, 6.45) is 1.97. The van der Waals surface area contributed by atoms with Crippen molar-refractivity contribution in [3.05, 3.63) is 29.1 Å². The maximum Gasteiger partial charge on any atom is 0.163 e. The standard InChI is InChI=1S/C16H22FNO3/c1-11(19)14-8-13(17)7-12(15(14)20)9-18-6-4-5-16(2,10-18)21-3/h7-8,20H,4-6,9-10H2,1-3H3. The lowest BCUT2D eigenvalue weighted by molar-refractivity contribution is -0.0528. The number of ketones is 1. The monoisotopic (exact) mass is 295 g/mol. The molecule has 0 amide bonds. The normalized spacial score (nSPS) is 23.2. The van der Waals surface area contributed by atoms with Crippen LogP contribution in [0.15, 0.2) is 12.1 Å². The van der Waals surface area contributed by atoms with Crippen molar-refractivity contribution in [3.63, 3.8) is 0 Å². The van der Waals surface area contributed by atoms with Gasteiger partial charge in [-0.3, -0.25) is 9.69 Å². The van der Waals surface area contributed by atoms with Crippen LogP contribution in [0.3, 0.4) is 0 Å². The lowest BCUT2D eigenvalue weighted by Gasteiger charge is -2.39. The molecule has 1 aliphatic heterocycles. The topological polar surface area (TPSA) is 49.8 Å². The van der Waals surface area contributed by atoms with E-state index in [1.807, 2.05) is 6.92 Å². The minimum Gasteiger partial charge on any atom is -0.507 e. The molecule has 21 heavy (non-hydrogen) atoms. The second kappa shape index (κ2) is 6.12. The van der Waals surface area contributed by atoms with Crippen molar-refractivity contribution in [2.75, 3.05) is 20.2 Å². The van der Waals surface area contributed by atoms with E-state index in [1.165, 1.54) is 13.0 Å². The molecule has 1 N–H and O–H groups in total. The molecule has 1 saturated heterocycles. The Labute approximate surface area is 124 Å². The van der Waals surface area contributed by atoms with E-state index in [4.69, 9.17) is 4.74 Å². The van der Waals surface area contributed by atoms with Crippen molar-refractivity contribution in [1.82, 2.24) is 4.90 Å². The molecule has 5 heteroatoms. The Morgan fingerprint density at radius 2 is 2.24 bits per heavy atom. The molecule has 0 aliphatic carbocycles. The molecule has 0 aromatic heterocycles. The summed E-state index contributed by atoms with van der Waals surface area (Å²) in [6.45, 7) is 5.36. The minimum atomic E-state index is -0.500. The Bertz CT molecular complexity index is 547. The first-order chi connectivity index (χ1) is 9.84. The Balaban J connectivity index is 2.21. The molecule has 2 rings (SSSR count). The number of likely N-dealkylation sites (tertiary alicyclic amines) is 1. The van der Waals surface area contributed by atoms with Gasteiger partial charge in [0.1, 0.15) is 11.6 Å². The van der Waals surface area contributed by atoms with Crippen molar-refractivity contribution in [2.24, 2.45) is 0 Å². The zero-order valence-corrected chi connectivity index (χ0v) is 12.8. The highest BCUT2D eigenvalue weighted by molar-refractivity contribution is 5.97. The number of aromatic hydroxyl groups is 1. The molecule has 1 unspecified atom stereocenters. The summed E-state index contributed by atoms with van der Waals surface area (Å²) in [4.78, 5) is 13.6. The molecule has 4 nitrogen and oxygen atoms in total. The summed E-state index contributed by atoms with van der Waals surface area (Å²) < 4.78 is 19.2. The van der Waals surface area contributed by atoms with Gasteiger partial charge < -0.3 is 9.84 Å². The summed E-state index contributed by atoms with van der Waals surface area (Å²) in [6, 6.07) is 2.37. The van der Waals surface area contributed by atoms with Crippen LogP contribution in [-0.4, -0.2) is 41.6 Å². The number of carbonyl (C=O) groups is 1. The number of benzene rings is 1. The quantitative estimate of drug-likeness (QED) is 0.868. The third-order valence-corrected chi connectivity index (χ3v) is 4.16. The van der Waals surface area contributed by atoms with Crippen LogP contribution >= 0.6 is 0 Å². The van der Waals surface area contributed by atoms with E-state index in [2.05, 4.69) is 4.90 Å². The van der Waals surface area contributed by atoms with Crippen LogP contribution in [0.25, 0.3) is 0 Å². The average Bonchev–Trinajstić information content (AvgIpc) is 2.42. The summed E-state index contributed by atoms with van der Waals surface area (Å²) >= 11 is 0. The smallest absolute Gasteiger partial charge is 0.163 e. The second-order valence-corrected chi connectivity index (χ2v) is 5.99. The van der Waals surface area contributed by atoms with E-state index in [0.717, 1.165) is 32.0 Å². The molecule has 1 fully saturated rings. The van der Waals surface area contributed by atoms with Gasteiger partial charge in [-0.2, -0.15) is 0 Å². The van der Waals surface area contributed by atoms with Gasteiger partial charge in [0.05, 0.1) is 11.2 Å². The largest absolute Gasteiger partial charge is 0.507 e. The number of ether oxygens (including phenoxy) is 1. The van der Waals surface area contributed by atoms with Gasteiger partial charge in [-0.15, -0.1) is 0 Å².